The highest BCUT2D eigenvalue weighted by molar-refractivity contribution is 7.18. The molecule has 3 aliphatic heterocycles. The molecule has 8 nitrogen and oxygen atoms in total. The van der Waals surface area contributed by atoms with E-state index in [1.807, 2.05) is 16.2 Å². The molecule has 2 bridgehead atoms. The number of ether oxygens (including phenoxy) is 1. The summed E-state index contributed by atoms with van der Waals surface area (Å²) in [5, 5.41) is 7.85. The number of aromatic amines is 1. The molecule has 3 aromatic rings. The molecule has 7 rings (SSSR count). The molecule has 3 N–H and O–H groups in total. The molecule has 4 fully saturated rings. The number of carbonyl (C=O) groups excluding carboxylic acids is 2. The van der Waals surface area contributed by atoms with Gasteiger partial charge in [0.25, 0.3) is 0 Å². The smallest absolute Gasteiger partial charge is 0.317 e. The Morgan fingerprint density at radius 3 is 2.55 bits per heavy atom. The van der Waals surface area contributed by atoms with E-state index < -0.39 is 0 Å². The number of urea groups is 1. The van der Waals surface area contributed by atoms with Gasteiger partial charge < -0.3 is 30.2 Å². The molecule has 0 spiro atoms. The van der Waals surface area contributed by atoms with Crippen molar-refractivity contribution in [2.45, 2.75) is 77.3 Å². The maximum absolute atomic E-state index is 12.8. The molecular formula is C35H47N5O3S. The van der Waals surface area contributed by atoms with Gasteiger partial charge in [0.2, 0.25) is 5.91 Å². The molecule has 2 aromatic heterocycles. The fourth-order valence-electron chi connectivity index (χ4n) is 8.28. The van der Waals surface area contributed by atoms with Crippen molar-refractivity contribution >= 4 is 33.5 Å². The van der Waals surface area contributed by atoms with Crippen LogP contribution in [0.2, 0.25) is 0 Å². The van der Waals surface area contributed by atoms with Crippen molar-refractivity contribution in [3.8, 4) is 11.3 Å². The van der Waals surface area contributed by atoms with Crippen molar-refractivity contribution in [1.82, 2.24) is 25.4 Å². The normalized spacial score (nSPS) is 25.7. The zero-order valence-corrected chi connectivity index (χ0v) is 27.4. The van der Waals surface area contributed by atoms with E-state index in [-0.39, 0.29) is 29.3 Å². The number of carbonyl (C=O) groups is 2. The number of aromatic nitrogens is 1. The zero-order chi connectivity index (χ0) is 30.6. The van der Waals surface area contributed by atoms with Crippen LogP contribution in [-0.2, 0) is 21.4 Å². The van der Waals surface area contributed by atoms with E-state index in [1.165, 1.54) is 43.0 Å². The summed E-state index contributed by atoms with van der Waals surface area (Å²) in [4.78, 5) is 36.1. The average Bonchev–Trinajstić information content (AvgIpc) is 3.80. The third-order valence-corrected chi connectivity index (χ3v) is 12.0. The molecule has 3 amide bonds. The molecule has 1 aliphatic carbocycles. The minimum atomic E-state index is 0.000548. The van der Waals surface area contributed by atoms with Crippen LogP contribution < -0.4 is 10.6 Å². The summed E-state index contributed by atoms with van der Waals surface area (Å²) in [6, 6.07) is 9.86. The van der Waals surface area contributed by atoms with Crippen molar-refractivity contribution < 1.29 is 14.3 Å². The highest BCUT2D eigenvalue weighted by atomic mass is 32.1. The molecule has 9 heteroatoms. The molecule has 4 atom stereocenters. The highest BCUT2D eigenvalue weighted by Crippen LogP contribution is 2.47. The van der Waals surface area contributed by atoms with Crippen molar-refractivity contribution in [3.05, 3.63) is 45.8 Å². The first kappa shape index (κ1) is 29.8. The van der Waals surface area contributed by atoms with Crippen LogP contribution in [0.1, 0.15) is 61.1 Å². The van der Waals surface area contributed by atoms with Gasteiger partial charge in [-0.05, 0) is 86.6 Å². The zero-order valence-electron chi connectivity index (χ0n) is 26.6. The number of nitrogens with one attached hydrogen (secondary N) is 3. The Hall–Kier alpha value is -2.88. The van der Waals surface area contributed by atoms with Gasteiger partial charge in [0.15, 0.2) is 0 Å². The monoisotopic (exact) mass is 617 g/mol. The van der Waals surface area contributed by atoms with Gasteiger partial charge in [-0.2, -0.15) is 0 Å². The maximum atomic E-state index is 12.8. The molecule has 0 radical (unpaired) electrons. The van der Waals surface area contributed by atoms with Crippen LogP contribution in [-0.4, -0.2) is 84.7 Å². The number of morpholine rings is 1. The number of likely N-dealkylation sites (tertiary alicyclic amines) is 1. The summed E-state index contributed by atoms with van der Waals surface area (Å²) in [6.45, 7) is 14.5. The van der Waals surface area contributed by atoms with E-state index in [4.69, 9.17) is 4.74 Å². The van der Waals surface area contributed by atoms with Gasteiger partial charge in [-0.15, -0.1) is 11.3 Å². The Bertz CT molecular complexity index is 1530. The molecular weight excluding hydrogens is 570 g/mol. The fraction of sp³-hybridized carbons (Fsp3) is 0.600. The van der Waals surface area contributed by atoms with E-state index >= 15 is 0 Å². The molecule has 44 heavy (non-hydrogen) atoms. The SMILES string of the molecule is Cc1cc(C)cc(-c2[nH]c3sc(C(C)(C)CC4C5CCC4C(=O)N5)cc3c2CCN2CCC(NC(=O)N3CCOCC3)C2)c1. The van der Waals surface area contributed by atoms with E-state index in [9.17, 15) is 9.59 Å². The standard InChI is InChI=1S/C35H47N5O3S/c1-21-15-22(2)17-23(16-21)31-25(8-10-39-9-7-24(20-39)36-34(42)40-11-13-43-14-12-40)27-18-30(44-33(27)38-31)35(3,4)19-28-26-5-6-29(28)37-32(26)41/h15-18,24,26,28-29,38H,5-14,19-20H2,1-4H3,(H,36,42)(H,37,41). The third-order valence-electron chi connectivity index (χ3n) is 10.6. The molecule has 1 aromatic carbocycles. The Labute approximate surface area is 264 Å². The minimum Gasteiger partial charge on any atom is -0.378 e. The van der Waals surface area contributed by atoms with Gasteiger partial charge in [-0.1, -0.05) is 31.0 Å². The Balaban J connectivity index is 1.10. The predicted octanol–water partition coefficient (Wildman–Crippen LogP) is 5.36. The second-order valence-corrected chi connectivity index (χ2v) is 15.4. The summed E-state index contributed by atoms with van der Waals surface area (Å²) in [5.74, 6) is 0.902. The van der Waals surface area contributed by atoms with Gasteiger partial charge in [0.1, 0.15) is 4.83 Å². The van der Waals surface area contributed by atoms with Gasteiger partial charge in [0.05, 0.1) is 18.9 Å². The number of hydrogen-bond acceptors (Lipinski definition) is 5. The second kappa shape index (κ2) is 11.8. The van der Waals surface area contributed by atoms with E-state index in [1.54, 1.807) is 0 Å². The van der Waals surface area contributed by atoms with Crippen LogP contribution in [0, 0.1) is 25.7 Å². The first-order chi connectivity index (χ1) is 21.1. The molecule has 1 saturated carbocycles. The number of benzene rings is 1. The summed E-state index contributed by atoms with van der Waals surface area (Å²) < 4.78 is 5.41. The Morgan fingerprint density at radius 1 is 1.07 bits per heavy atom. The van der Waals surface area contributed by atoms with Crippen LogP contribution in [0.15, 0.2) is 24.3 Å². The largest absolute Gasteiger partial charge is 0.378 e. The quantitative estimate of drug-likeness (QED) is 0.317. The van der Waals surface area contributed by atoms with Gasteiger partial charge in [0, 0.05) is 61.0 Å². The first-order valence-electron chi connectivity index (χ1n) is 16.5. The third kappa shape index (κ3) is 5.79. The van der Waals surface area contributed by atoms with Crippen LogP contribution in [0.4, 0.5) is 4.79 Å². The van der Waals surface area contributed by atoms with Crippen molar-refractivity contribution in [3.63, 3.8) is 0 Å². The number of nitrogens with zero attached hydrogens (tertiary/aromatic N) is 2. The molecule has 3 saturated heterocycles. The lowest BCUT2D eigenvalue weighted by atomic mass is 9.78. The van der Waals surface area contributed by atoms with Crippen molar-refractivity contribution in [1.29, 1.82) is 0 Å². The number of fused-ring (bicyclic) bond motifs is 3. The summed E-state index contributed by atoms with van der Waals surface area (Å²) in [5.41, 5.74) is 6.44. The number of aryl methyl sites for hydroxylation is 2. The number of H-pyrrole nitrogens is 1. The topological polar surface area (TPSA) is 89.7 Å². The van der Waals surface area contributed by atoms with E-state index in [2.05, 4.69) is 72.5 Å². The summed E-state index contributed by atoms with van der Waals surface area (Å²) in [6.07, 6.45) is 5.14. The average molecular weight is 618 g/mol. The van der Waals surface area contributed by atoms with Crippen molar-refractivity contribution in [2.24, 2.45) is 11.8 Å². The minimum absolute atomic E-state index is 0.000548. The van der Waals surface area contributed by atoms with Crippen LogP contribution >= 0.6 is 11.3 Å². The lowest BCUT2D eigenvalue weighted by Gasteiger charge is -2.28. The molecule has 236 valence electrons. The Kier molecular flexibility index (Phi) is 8.00. The molecule has 5 heterocycles. The first-order valence-corrected chi connectivity index (χ1v) is 17.4. The maximum Gasteiger partial charge on any atom is 0.317 e. The van der Waals surface area contributed by atoms with Gasteiger partial charge in [-0.3, -0.25) is 4.79 Å². The number of hydrogen-bond donors (Lipinski definition) is 3. The number of rotatable bonds is 8. The number of thiophene rings is 1. The van der Waals surface area contributed by atoms with Crippen LogP contribution in [0.25, 0.3) is 21.5 Å². The number of amides is 3. The lowest BCUT2D eigenvalue weighted by Crippen LogP contribution is -2.49. The Morgan fingerprint density at radius 2 is 1.84 bits per heavy atom. The lowest BCUT2D eigenvalue weighted by molar-refractivity contribution is -0.124. The van der Waals surface area contributed by atoms with Gasteiger partial charge in [-0.25, -0.2) is 4.79 Å². The number of piperidine rings is 1. The van der Waals surface area contributed by atoms with Crippen LogP contribution in [0.3, 0.4) is 0 Å². The van der Waals surface area contributed by atoms with Crippen LogP contribution in [0.5, 0.6) is 0 Å². The second-order valence-electron chi connectivity index (χ2n) is 14.3. The summed E-state index contributed by atoms with van der Waals surface area (Å²) >= 11 is 1.89. The van der Waals surface area contributed by atoms with E-state index in [0.717, 1.165) is 51.7 Å². The predicted molar refractivity (Wildman–Crippen MR) is 176 cm³/mol. The van der Waals surface area contributed by atoms with Gasteiger partial charge >= 0.3 is 6.03 Å². The van der Waals surface area contributed by atoms with E-state index in [0.29, 0.717) is 38.3 Å². The van der Waals surface area contributed by atoms with Crippen molar-refractivity contribution in [2.75, 3.05) is 45.9 Å². The fourth-order valence-corrected chi connectivity index (χ4v) is 9.48. The summed E-state index contributed by atoms with van der Waals surface area (Å²) in [7, 11) is 0. The molecule has 4 unspecified atom stereocenters. The highest BCUT2D eigenvalue weighted by Gasteiger charge is 2.49. The molecule has 4 aliphatic rings.